The lowest BCUT2D eigenvalue weighted by Crippen LogP contribution is -2.18. The second-order valence-electron chi connectivity index (χ2n) is 6.08. The summed E-state index contributed by atoms with van der Waals surface area (Å²) in [6.07, 6.45) is 4.54. The Morgan fingerprint density at radius 3 is 2.43 bits per heavy atom. The minimum absolute atomic E-state index is 0.257. The number of aromatic nitrogens is 1. The van der Waals surface area contributed by atoms with Crippen molar-refractivity contribution in [3.8, 4) is 11.5 Å². The molecule has 152 valence electrons. The van der Waals surface area contributed by atoms with Crippen molar-refractivity contribution >= 4 is 46.8 Å². The van der Waals surface area contributed by atoms with E-state index < -0.39 is 0 Å². The highest BCUT2D eigenvalue weighted by atomic mass is 35.5. The van der Waals surface area contributed by atoms with Gasteiger partial charge in [0.1, 0.15) is 17.2 Å². The van der Waals surface area contributed by atoms with Crippen LogP contribution in [-0.2, 0) is 4.79 Å². The standard InChI is InChI=1S/C22H17Cl2N3O3/c1-25-22(29)20-13-17(10-11-26-20)30-16-6-4-15(5-7-16)27-21(28)9-3-14-2-8-18(23)19(24)12-14/h2-13H,1H3,(H,25,29)(H,27,28). The van der Waals surface area contributed by atoms with Gasteiger partial charge in [-0.05, 0) is 54.1 Å². The Morgan fingerprint density at radius 2 is 1.73 bits per heavy atom. The number of carbonyl (C=O) groups is 2. The first-order chi connectivity index (χ1) is 14.4. The molecule has 0 saturated carbocycles. The molecule has 0 atom stereocenters. The number of carbonyl (C=O) groups excluding carboxylic acids is 2. The molecule has 0 fully saturated rings. The molecule has 3 aromatic rings. The van der Waals surface area contributed by atoms with E-state index in [1.807, 2.05) is 0 Å². The normalized spacial score (nSPS) is 10.6. The first kappa shape index (κ1) is 21.4. The summed E-state index contributed by atoms with van der Waals surface area (Å²) in [6.45, 7) is 0. The van der Waals surface area contributed by atoms with Crippen LogP contribution < -0.4 is 15.4 Å². The summed E-state index contributed by atoms with van der Waals surface area (Å²) in [5, 5.41) is 6.14. The van der Waals surface area contributed by atoms with Crippen LogP contribution in [0.15, 0.2) is 66.9 Å². The van der Waals surface area contributed by atoms with Gasteiger partial charge in [-0.15, -0.1) is 0 Å². The van der Waals surface area contributed by atoms with Crippen LogP contribution in [0.3, 0.4) is 0 Å². The Balaban J connectivity index is 1.60. The van der Waals surface area contributed by atoms with E-state index in [-0.39, 0.29) is 17.5 Å². The molecule has 0 unspecified atom stereocenters. The quantitative estimate of drug-likeness (QED) is 0.515. The van der Waals surface area contributed by atoms with Crippen LogP contribution in [0.2, 0.25) is 10.0 Å². The van der Waals surface area contributed by atoms with Gasteiger partial charge in [-0.2, -0.15) is 0 Å². The summed E-state index contributed by atoms with van der Waals surface area (Å²) in [7, 11) is 1.53. The van der Waals surface area contributed by atoms with Gasteiger partial charge in [-0.3, -0.25) is 14.6 Å². The topological polar surface area (TPSA) is 80.3 Å². The number of hydrogen-bond acceptors (Lipinski definition) is 4. The van der Waals surface area contributed by atoms with Crippen LogP contribution in [0.1, 0.15) is 16.1 Å². The van der Waals surface area contributed by atoms with Crippen molar-refractivity contribution in [1.82, 2.24) is 10.3 Å². The Hall–Kier alpha value is -3.35. The Morgan fingerprint density at radius 1 is 0.967 bits per heavy atom. The molecular formula is C22H17Cl2N3O3. The number of benzene rings is 2. The third-order valence-electron chi connectivity index (χ3n) is 3.92. The van der Waals surface area contributed by atoms with E-state index in [2.05, 4.69) is 15.6 Å². The average Bonchev–Trinajstić information content (AvgIpc) is 2.75. The summed E-state index contributed by atoms with van der Waals surface area (Å²) in [5.74, 6) is 0.435. The fraction of sp³-hybridized carbons (Fsp3) is 0.0455. The molecule has 0 aliphatic rings. The third kappa shape index (κ3) is 5.83. The van der Waals surface area contributed by atoms with Gasteiger partial charge in [0.25, 0.3) is 5.91 Å². The van der Waals surface area contributed by atoms with Crippen molar-refractivity contribution in [2.45, 2.75) is 0 Å². The lowest BCUT2D eigenvalue weighted by atomic mass is 10.2. The third-order valence-corrected chi connectivity index (χ3v) is 4.66. The Bertz CT molecular complexity index is 1100. The summed E-state index contributed by atoms with van der Waals surface area (Å²) < 4.78 is 5.73. The van der Waals surface area contributed by atoms with Crippen molar-refractivity contribution in [2.24, 2.45) is 0 Å². The van der Waals surface area contributed by atoms with E-state index in [1.165, 1.54) is 19.3 Å². The molecule has 2 aromatic carbocycles. The number of amides is 2. The molecule has 2 N–H and O–H groups in total. The Labute approximate surface area is 183 Å². The monoisotopic (exact) mass is 441 g/mol. The fourth-order valence-corrected chi connectivity index (χ4v) is 2.75. The maximum Gasteiger partial charge on any atom is 0.269 e. The number of nitrogens with one attached hydrogen (secondary N) is 2. The van der Waals surface area contributed by atoms with Crippen molar-refractivity contribution in [3.63, 3.8) is 0 Å². The lowest BCUT2D eigenvalue weighted by molar-refractivity contribution is -0.111. The molecular weight excluding hydrogens is 425 g/mol. The highest BCUT2D eigenvalue weighted by Crippen LogP contribution is 2.24. The predicted molar refractivity (Wildman–Crippen MR) is 118 cm³/mol. The van der Waals surface area contributed by atoms with E-state index in [9.17, 15) is 9.59 Å². The molecule has 1 heterocycles. The van der Waals surface area contributed by atoms with Crippen LogP contribution in [0.4, 0.5) is 5.69 Å². The maximum atomic E-state index is 12.1. The fourth-order valence-electron chi connectivity index (χ4n) is 2.44. The molecule has 30 heavy (non-hydrogen) atoms. The highest BCUT2D eigenvalue weighted by molar-refractivity contribution is 6.42. The summed E-state index contributed by atoms with van der Waals surface area (Å²) in [6, 6.07) is 15.1. The number of halogens is 2. The van der Waals surface area contributed by atoms with Crippen LogP contribution >= 0.6 is 23.2 Å². The number of nitrogens with zero attached hydrogens (tertiary/aromatic N) is 1. The van der Waals surface area contributed by atoms with E-state index in [0.717, 1.165) is 5.56 Å². The van der Waals surface area contributed by atoms with E-state index in [1.54, 1.807) is 60.7 Å². The molecule has 2 amide bonds. The van der Waals surface area contributed by atoms with Gasteiger partial charge in [0, 0.05) is 31.1 Å². The number of rotatable bonds is 6. The summed E-state index contributed by atoms with van der Waals surface area (Å²) in [5.41, 5.74) is 1.62. The smallest absolute Gasteiger partial charge is 0.269 e. The molecule has 0 aliphatic heterocycles. The van der Waals surface area contributed by atoms with Crippen molar-refractivity contribution < 1.29 is 14.3 Å². The van der Waals surface area contributed by atoms with Gasteiger partial charge in [0.15, 0.2) is 0 Å². The van der Waals surface area contributed by atoms with E-state index in [0.29, 0.717) is 27.2 Å². The van der Waals surface area contributed by atoms with Crippen LogP contribution in [0, 0.1) is 0 Å². The molecule has 6 nitrogen and oxygen atoms in total. The second kappa shape index (κ2) is 9.91. The number of pyridine rings is 1. The van der Waals surface area contributed by atoms with Crippen molar-refractivity contribution in [3.05, 3.63) is 88.2 Å². The van der Waals surface area contributed by atoms with Gasteiger partial charge >= 0.3 is 0 Å². The van der Waals surface area contributed by atoms with Crippen molar-refractivity contribution in [2.75, 3.05) is 12.4 Å². The number of ether oxygens (including phenoxy) is 1. The largest absolute Gasteiger partial charge is 0.457 e. The number of hydrogen-bond donors (Lipinski definition) is 2. The van der Waals surface area contributed by atoms with E-state index in [4.69, 9.17) is 27.9 Å². The summed E-state index contributed by atoms with van der Waals surface area (Å²) >= 11 is 11.8. The maximum absolute atomic E-state index is 12.1. The SMILES string of the molecule is CNC(=O)c1cc(Oc2ccc(NC(=O)C=Cc3ccc(Cl)c(Cl)c3)cc2)ccn1. The van der Waals surface area contributed by atoms with Gasteiger partial charge in [0.05, 0.1) is 10.0 Å². The van der Waals surface area contributed by atoms with Gasteiger partial charge < -0.3 is 15.4 Å². The van der Waals surface area contributed by atoms with E-state index >= 15 is 0 Å². The molecule has 0 spiro atoms. The second-order valence-corrected chi connectivity index (χ2v) is 6.89. The van der Waals surface area contributed by atoms with Gasteiger partial charge in [-0.1, -0.05) is 29.3 Å². The van der Waals surface area contributed by atoms with Crippen LogP contribution in [-0.4, -0.2) is 23.8 Å². The summed E-state index contributed by atoms with van der Waals surface area (Å²) in [4.78, 5) is 27.8. The van der Waals surface area contributed by atoms with Crippen molar-refractivity contribution in [1.29, 1.82) is 0 Å². The highest BCUT2D eigenvalue weighted by Gasteiger charge is 2.07. The molecule has 0 bridgehead atoms. The molecule has 0 aliphatic carbocycles. The van der Waals surface area contributed by atoms with Crippen LogP contribution in [0.5, 0.6) is 11.5 Å². The van der Waals surface area contributed by atoms with Gasteiger partial charge in [0.2, 0.25) is 5.91 Å². The van der Waals surface area contributed by atoms with Crippen LogP contribution in [0.25, 0.3) is 6.08 Å². The molecule has 8 heteroatoms. The first-order valence-corrected chi connectivity index (χ1v) is 9.60. The molecule has 0 saturated heterocycles. The first-order valence-electron chi connectivity index (χ1n) is 8.85. The Kier molecular flexibility index (Phi) is 7.06. The molecule has 0 radical (unpaired) electrons. The lowest BCUT2D eigenvalue weighted by Gasteiger charge is -2.08. The van der Waals surface area contributed by atoms with Gasteiger partial charge in [-0.25, -0.2) is 0 Å². The molecule has 3 rings (SSSR count). The minimum atomic E-state index is -0.299. The zero-order chi connectivity index (χ0) is 21.5. The predicted octanol–water partition coefficient (Wildman–Crippen LogP) is 5.19. The number of anilines is 1. The zero-order valence-electron chi connectivity index (χ0n) is 15.9. The molecule has 1 aromatic heterocycles. The minimum Gasteiger partial charge on any atom is -0.457 e. The zero-order valence-corrected chi connectivity index (χ0v) is 17.4. The average molecular weight is 442 g/mol.